The molecular weight excluding hydrogens is 276 g/mol. The van der Waals surface area contributed by atoms with Crippen molar-refractivity contribution in [1.82, 2.24) is 0 Å². The van der Waals surface area contributed by atoms with Gasteiger partial charge in [0.05, 0.1) is 0 Å². The second-order valence-corrected chi connectivity index (χ2v) is 4.27. The van der Waals surface area contributed by atoms with Gasteiger partial charge in [-0.1, -0.05) is 0 Å². The molecule has 0 spiro atoms. The summed E-state index contributed by atoms with van der Waals surface area (Å²) in [5, 5.41) is 0. The molecule has 0 bridgehead atoms. The highest BCUT2D eigenvalue weighted by atomic mass is 79.9. The Morgan fingerprint density at radius 2 is 1.18 bits per heavy atom. The summed E-state index contributed by atoms with van der Waals surface area (Å²) in [4.78, 5) is 0. The summed E-state index contributed by atoms with van der Waals surface area (Å²) >= 11 is 0. The van der Waals surface area contributed by atoms with Crippen LogP contribution in [0.2, 0.25) is 0 Å². The average Bonchev–Trinajstić information content (AvgIpc) is 2.33. The van der Waals surface area contributed by atoms with E-state index < -0.39 is 0 Å². The van der Waals surface area contributed by atoms with E-state index in [4.69, 9.17) is 0 Å². The van der Waals surface area contributed by atoms with E-state index in [1.165, 1.54) is 24.2 Å². The summed E-state index contributed by atoms with van der Waals surface area (Å²) in [5.41, 5.74) is 2.64. The Labute approximate surface area is 112 Å². The predicted molar refractivity (Wildman–Crippen MR) is 61.5 cm³/mol. The van der Waals surface area contributed by atoms with Crippen LogP contribution in [0.4, 0.5) is 0 Å². The molecule has 0 atom stereocenters. The zero-order valence-electron chi connectivity index (χ0n) is 9.72. The Bertz CT molecular complexity index is 464. The lowest BCUT2D eigenvalue weighted by Crippen LogP contribution is -3.00. The summed E-state index contributed by atoms with van der Waals surface area (Å²) in [7, 11) is 0. The van der Waals surface area contributed by atoms with Crippen LogP contribution >= 0.6 is 0 Å². The first-order valence-corrected chi connectivity index (χ1v) is 5.92. The van der Waals surface area contributed by atoms with Crippen molar-refractivity contribution < 1.29 is 26.1 Å². The van der Waals surface area contributed by atoms with E-state index in [-0.39, 0.29) is 17.0 Å². The number of hydrogen-bond donors (Lipinski definition) is 0. The average molecular weight is 292 g/mol. The van der Waals surface area contributed by atoms with E-state index in [2.05, 4.69) is 57.9 Å². The maximum Gasteiger partial charge on any atom is 0.277 e. The minimum absolute atomic E-state index is 0. The lowest BCUT2D eigenvalue weighted by molar-refractivity contribution is -0.725. The second-order valence-electron chi connectivity index (χ2n) is 4.27. The van der Waals surface area contributed by atoms with Crippen molar-refractivity contribution >= 4 is 0 Å². The number of hydrogen-bond acceptors (Lipinski definition) is 0. The number of pyridine rings is 2. The normalized spacial score (nSPS) is 13.6. The van der Waals surface area contributed by atoms with Gasteiger partial charge in [0.1, 0.15) is 13.1 Å². The first-order valence-electron chi connectivity index (χ1n) is 5.92. The smallest absolute Gasteiger partial charge is 0.277 e. The van der Waals surface area contributed by atoms with Gasteiger partial charge in [0, 0.05) is 37.1 Å². The molecule has 1 aliphatic heterocycles. The summed E-state index contributed by atoms with van der Waals surface area (Å²) in [6, 6.07) is 12.9. The highest BCUT2D eigenvalue weighted by Gasteiger charge is 2.23. The fourth-order valence-electron chi connectivity index (χ4n) is 2.37. The van der Waals surface area contributed by atoms with Crippen LogP contribution in [0.1, 0.15) is 12.8 Å². The van der Waals surface area contributed by atoms with Gasteiger partial charge < -0.3 is 17.0 Å². The Morgan fingerprint density at radius 1 is 0.706 bits per heavy atom. The molecule has 0 N–H and O–H groups in total. The summed E-state index contributed by atoms with van der Waals surface area (Å²) < 4.78 is 4.70. The molecule has 2 aromatic rings. The van der Waals surface area contributed by atoms with Crippen molar-refractivity contribution in [1.29, 1.82) is 0 Å². The number of rotatable bonds is 0. The lowest BCUT2D eigenvalue weighted by Gasteiger charge is -2.07. The van der Waals surface area contributed by atoms with Gasteiger partial charge in [-0.05, 0) is 12.1 Å². The lowest BCUT2D eigenvalue weighted by atomic mass is 10.1. The van der Waals surface area contributed by atoms with E-state index in [0.29, 0.717) is 0 Å². The molecule has 0 aromatic carbocycles. The Balaban J connectivity index is 0.00000108. The number of nitrogens with zero attached hydrogens (tertiary/aromatic N) is 2. The molecule has 2 aromatic heterocycles. The van der Waals surface area contributed by atoms with Gasteiger partial charge in [-0.2, -0.15) is 9.13 Å². The SMILES string of the molecule is [Br-].c1cc[n+]2c(c1)-c1cccc[n+]1CCCC2. The third-order valence-electron chi connectivity index (χ3n) is 3.19. The molecule has 0 saturated carbocycles. The highest BCUT2D eigenvalue weighted by Crippen LogP contribution is 2.12. The van der Waals surface area contributed by atoms with Crippen molar-refractivity contribution in [2.75, 3.05) is 0 Å². The van der Waals surface area contributed by atoms with Gasteiger partial charge in [-0.15, -0.1) is 0 Å². The maximum absolute atomic E-state index is 2.35. The topological polar surface area (TPSA) is 7.76 Å². The quantitative estimate of drug-likeness (QED) is 0.535. The first kappa shape index (κ1) is 12.2. The van der Waals surface area contributed by atoms with Crippen molar-refractivity contribution in [3.8, 4) is 11.4 Å². The van der Waals surface area contributed by atoms with Crippen molar-refractivity contribution in [2.24, 2.45) is 0 Å². The molecule has 0 amide bonds. The molecule has 0 unspecified atom stereocenters. The Kier molecular flexibility index (Phi) is 3.89. The maximum atomic E-state index is 2.35. The van der Waals surface area contributed by atoms with E-state index in [1.807, 2.05) is 0 Å². The van der Waals surface area contributed by atoms with Gasteiger partial charge in [0.15, 0.2) is 12.4 Å². The number of aromatic nitrogens is 2. The molecule has 0 fully saturated rings. The fourth-order valence-corrected chi connectivity index (χ4v) is 2.37. The van der Waals surface area contributed by atoms with E-state index >= 15 is 0 Å². The largest absolute Gasteiger partial charge is 1.00 e. The van der Waals surface area contributed by atoms with E-state index in [1.54, 1.807) is 0 Å². The van der Waals surface area contributed by atoms with Gasteiger partial charge in [-0.25, -0.2) is 0 Å². The van der Waals surface area contributed by atoms with Gasteiger partial charge in [-0.3, -0.25) is 0 Å². The second kappa shape index (κ2) is 5.41. The zero-order chi connectivity index (χ0) is 10.8. The van der Waals surface area contributed by atoms with Crippen molar-refractivity contribution in [3.05, 3.63) is 48.8 Å². The third kappa shape index (κ3) is 2.39. The monoisotopic (exact) mass is 291 g/mol. The highest BCUT2D eigenvalue weighted by molar-refractivity contribution is 5.45. The van der Waals surface area contributed by atoms with Gasteiger partial charge in [0.2, 0.25) is 0 Å². The number of aryl methyl sites for hydroxylation is 2. The minimum atomic E-state index is 0. The van der Waals surface area contributed by atoms with Crippen LogP contribution in [0.3, 0.4) is 0 Å². The summed E-state index contributed by atoms with van der Waals surface area (Å²) in [6.45, 7) is 2.26. The van der Waals surface area contributed by atoms with Crippen molar-refractivity contribution in [2.45, 2.75) is 25.9 Å². The summed E-state index contributed by atoms with van der Waals surface area (Å²) in [6.07, 6.45) is 6.86. The van der Waals surface area contributed by atoms with Gasteiger partial charge in [0.25, 0.3) is 11.4 Å². The number of fused-ring (bicyclic) bond motifs is 3. The van der Waals surface area contributed by atoms with Crippen LogP contribution < -0.4 is 26.1 Å². The molecular formula is C14H16BrN2+. The Morgan fingerprint density at radius 3 is 1.65 bits per heavy atom. The molecule has 0 saturated heterocycles. The zero-order valence-corrected chi connectivity index (χ0v) is 11.3. The molecule has 0 aliphatic carbocycles. The van der Waals surface area contributed by atoms with Gasteiger partial charge >= 0.3 is 0 Å². The molecule has 1 aliphatic rings. The van der Waals surface area contributed by atoms with E-state index in [0.717, 1.165) is 13.1 Å². The predicted octanol–water partition coefficient (Wildman–Crippen LogP) is -1.27. The number of halogens is 1. The molecule has 88 valence electrons. The van der Waals surface area contributed by atoms with Crippen molar-refractivity contribution in [3.63, 3.8) is 0 Å². The molecule has 3 heteroatoms. The minimum Gasteiger partial charge on any atom is -1.00 e. The molecule has 3 rings (SSSR count). The van der Waals surface area contributed by atoms with Crippen LogP contribution in [-0.4, -0.2) is 0 Å². The van der Waals surface area contributed by atoms with Crippen LogP contribution in [-0.2, 0) is 13.1 Å². The standard InChI is InChI=1S/C14H16N2.BrH/c1-3-9-15-11-5-6-12-16-10-4-2-8-14(16)13(15)7-1;/h1-4,7-10H,5-6,11-12H2;1H/q+2;/p-1. The third-order valence-corrected chi connectivity index (χ3v) is 3.19. The fraction of sp³-hybridized carbons (Fsp3) is 0.286. The first-order chi connectivity index (χ1) is 7.95. The van der Waals surface area contributed by atoms with E-state index in [9.17, 15) is 0 Å². The van der Waals surface area contributed by atoms with Crippen LogP contribution in [0, 0.1) is 0 Å². The molecule has 0 radical (unpaired) electrons. The Hall–Kier alpha value is -1.22. The molecule has 17 heavy (non-hydrogen) atoms. The van der Waals surface area contributed by atoms with Crippen LogP contribution in [0.5, 0.6) is 0 Å². The molecule has 3 heterocycles. The molecule has 2 nitrogen and oxygen atoms in total. The summed E-state index contributed by atoms with van der Waals surface area (Å²) in [5.74, 6) is 0. The van der Waals surface area contributed by atoms with Crippen LogP contribution in [0.15, 0.2) is 48.8 Å². The van der Waals surface area contributed by atoms with Crippen LogP contribution in [0.25, 0.3) is 11.4 Å².